The zero-order valence-corrected chi connectivity index (χ0v) is 13.2. The maximum Gasteiger partial charge on any atom is 0.253 e. The number of nitrogens with two attached hydrogens (primary N) is 1. The van der Waals surface area contributed by atoms with E-state index in [9.17, 15) is 13.2 Å². The van der Waals surface area contributed by atoms with E-state index in [1.54, 1.807) is 18.9 Å². The van der Waals surface area contributed by atoms with Gasteiger partial charge in [-0.25, -0.2) is 13.6 Å². The number of carbonyl (C=O) groups excluding carboxylic acids is 1. The number of primary sulfonamides is 1. The summed E-state index contributed by atoms with van der Waals surface area (Å²) in [6.45, 7) is 6.58. The second-order valence-electron chi connectivity index (χ2n) is 5.43. The summed E-state index contributed by atoms with van der Waals surface area (Å²) in [5.74, 6) is 0.417. The van der Waals surface area contributed by atoms with E-state index in [4.69, 9.17) is 5.14 Å². The Balaban J connectivity index is 2.95. The lowest BCUT2D eigenvalue weighted by Crippen LogP contribution is -2.29. The summed E-state index contributed by atoms with van der Waals surface area (Å²) in [4.78, 5) is 14.0. The monoisotopic (exact) mass is 298 g/mol. The zero-order chi connectivity index (χ0) is 15.5. The van der Waals surface area contributed by atoms with E-state index in [1.807, 2.05) is 0 Å². The first-order chi connectivity index (χ1) is 9.12. The van der Waals surface area contributed by atoms with Crippen LogP contribution in [0.4, 0.5) is 0 Å². The maximum absolute atomic E-state index is 12.3. The van der Waals surface area contributed by atoms with Crippen LogP contribution in [0.5, 0.6) is 0 Å². The molecule has 0 aliphatic heterocycles. The summed E-state index contributed by atoms with van der Waals surface area (Å²) >= 11 is 0. The minimum Gasteiger partial charge on any atom is -0.342 e. The number of nitrogens with zero attached hydrogens (tertiary/aromatic N) is 1. The molecule has 6 heteroatoms. The molecule has 0 aliphatic rings. The van der Waals surface area contributed by atoms with Crippen molar-refractivity contribution in [1.29, 1.82) is 0 Å². The highest BCUT2D eigenvalue weighted by atomic mass is 32.2. The van der Waals surface area contributed by atoms with Crippen LogP contribution in [0.1, 0.15) is 36.2 Å². The van der Waals surface area contributed by atoms with Crippen molar-refractivity contribution < 1.29 is 13.2 Å². The average Bonchev–Trinajstić information content (AvgIpc) is 2.33. The highest BCUT2D eigenvalue weighted by molar-refractivity contribution is 7.89. The van der Waals surface area contributed by atoms with Gasteiger partial charge in [-0.05, 0) is 43.0 Å². The molecule has 1 aromatic carbocycles. The normalized spacial score (nSPS) is 11.7. The number of hydrogen-bond donors (Lipinski definition) is 1. The molecule has 0 atom stereocenters. The molecular formula is C14H22N2O3S. The predicted molar refractivity (Wildman–Crippen MR) is 79.0 cm³/mol. The number of rotatable bonds is 5. The number of aryl methyl sites for hydroxylation is 1. The summed E-state index contributed by atoms with van der Waals surface area (Å²) in [5.41, 5.74) is 1.11. The third-order valence-electron chi connectivity index (χ3n) is 3.15. The molecule has 0 radical (unpaired) electrons. The van der Waals surface area contributed by atoms with Gasteiger partial charge in [0.25, 0.3) is 5.91 Å². The molecule has 0 heterocycles. The smallest absolute Gasteiger partial charge is 0.253 e. The molecule has 0 saturated carbocycles. The molecular weight excluding hydrogens is 276 g/mol. The van der Waals surface area contributed by atoms with Crippen molar-refractivity contribution in [3.05, 3.63) is 29.3 Å². The van der Waals surface area contributed by atoms with Crippen molar-refractivity contribution in [2.75, 3.05) is 13.6 Å². The van der Waals surface area contributed by atoms with Crippen molar-refractivity contribution in [3.63, 3.8) is 0 Å². The van der Waals surface area contributed by atoms with Crippen LogP contribution in [0.2, 0.25) is 0 Å². The van der Waals surface area contributed by atoms with E-state index < -0.39 is 10.0 Å². The Morgan fingerprint density at radius 3 is 2.40 bits per heavy atom. The molecule has 112 valence electrons. The van der Waals surface area contributed by atoms with Gasteiger partial charge < -0.3 is 4.90 Å². The molecule has 0 aliphatic carbocycles. The van der Waals surface area contributed by atoms with Gasteiger partial charge in [-0.15, -0.1) is 0 Å². The Bertz CT molecular complexity index is 594. The lowest BCUT2D eigenvalue weighted by atomic mass is 10.1. The summed E-state index contributed by atoms with van der Waals surface area (Å²) in [6, 6.07) is 4.31. The molecule has 1 aromatic rings. The molecule has 0 fully saturated rings. The Morgan fingerprint density at radius 1 is 1.35 bits per heavy atom. The second kappa shape index (κ2) is 6.37. The fourth-order valence-electron chi connectivity index (χ4n) is 1.81. The molecule has 5 nitrogen and oxygen atoms in total. The lowest BCUT2D eigenvalue weighted by Gasteiger charge is -2.19. The molecule has 0 saturated heterocycles. The third kappa shape index (κ3) is 4.31. The van der Waals surface area contributed by atoms with Gasteiger partial charge in [0.15, 0.2) is 0 Å². The first-order valence-corrected chi connectivity index (χ1v) is 8.06. The van der Waals surface area contributed by atoms with Gasteiger partial charge in [-0.2, -0.15) is 0 Å². The molecule has 1 rings (SSSR count). The van der Waals surface area contributed by atoms with Crippen LogP contribution in [0, 0.1) is 12.8 Å². The van der Waals surface area contributed by atoms with Gasteiger partial charge in [0.05, 0.1) is 4.90 Å². The Kier molecular flexibility index (Phi) is 5.30. The summed E-state index contributed by atoms with van der Waals surface area (Å²) in [6.07, 6.45) is 0.927. The third-order valence-corrected chi connectivity index (χ3v) is 4.06. The average molecular weight is 298 g/mol. The quantitative estimate of drug-likeness (QED) is 0.899. The van der Waals surface area contributed by atoms with Crippen LogP contribution in [0.3, 0.4) is 0 Å². The van der Waals surface area contributed by atoms with Gasteiger partial charge in [-0.3, -0.25) is 4.79 Å². The molecule has 0 bridgehead atoms. The van der Waals surface area contributed by atoms with Gasteiger partial charge in [0.1, 0.15) is 0 Å². The minimum atomic E-state index is -3.73. The Hall–Kier alpha value is -1.40. The number of sulfonamides is 1. The van der Waals surface area contributed by atoms with Crippen molar-refractivity contribution in [2.24, 2.45) is 11.1 Å². The van der Waals surface area contributed by atoms with Crippen LogP contribution in [-0.4, -0.2) is 32.8 Å². The minimum absolute atomic E-state index is 0.0244. The molecule has 0 unspecified atom stereocenters. The van der Waals surface area contributed by atoms with Crippen LogP contribution in [0.25, 0.3) is 0 Å². The van der Waals surface area contributed by atoms with E-state index in [0.29, 0.717) is 23.6 Å². The molecule has 0 spiro atoms. The van der Waals surface area contributed by atoms with Gasteiger partial charge in [0.2, 0.25) is 10.0 Å². The van der Waals surface area contributed by atoms with E-state index in [0.717, 1.165) is 6.42 Å². The van der Waals surface area contributed by atoms with Gasteiger partial charge in [-0.1, -0.05) is 13.8 Å². The molecule has 20 heavy (non-hydrogen) atoms. The first-order valence-electron chi connectivity index (χ1n) is 6.52. The number of benzene rings is 1. The van der Waals surface area contributed by atoms with Crippen LogP contribution < -0.4 is 5.14 Å². The summed E-state index contributed by atoms with van der Waals surface area (Å²) < 4.78 is 22.5. The summed E-state index contributed by atoms with van der Waals surface area (Å²) in [5, 5.41) is 5.07. The lowest BCUT2D eigenvalue weighted by molar-refractivity contribution is 0.0788. The van der Waals surface area contributed by atoms with Crippen LogP contribution >= 0.6 is 0 Å². The summed E-state index contributed by atoms with van der Waals surface area (Å²) in [7, 11) is -1.99. The number of amides is 1. The van der Waals surface area contributed by atoms with Gasteiger partial charge in [0, 0.05) is 19.2 Å². The molecule has 2 N–H and O–H groups in total. The molecule has 1 amide bonds. The van der Waals surface area contributed by atoms with E-state index in [2.05, 4.69) is 13.8 Å². The zero-order valence-electron chi connectivity index (χ0n) is 12.4. The van der Waals surface area contributed by atoms with E-state index >= 15 is 0 Å². The van der Waals surface area contributed by atoms with Gasteiger partial charge >= 0.3 is 0 Å². The SMILES string of the molecule is Cc1cc(S(N)(=O)=O)ccc1C(=O)N(C)CCC(C)C. The second-order valence-corrected chi connectivity index (χ2v) is 6.99. The topological polar surface area (TPSA) is 80.5 Å². The van der Waals surface area contributed by atoms with E-state index in [1.165, 1.54) is 18.2 Å². The highest BCUT2D eigenvalue weighted by Crippen LogP contribution is 2.16. The number of hydrogen-bond acceptors (Lipinski definition) is 3. The van der Waals surface area contributed by atoms with Crippen LogP contribution in [-0.2, 0) is 10.0 Å². The first kappa shape index (κ1) is 16.7. The Morgan fingerprint density at radius 2 is 1.95 bits per heavy atom. The van der Waals surface area contributed by atoms with Crippen LogP contribution in [0.15, 0.2) is 23.1 Å². The number of carbonyl (C=O) groups is 1. The Labute approximate surface area is 120 Å². The van der Waals surface area contributed by atoms with Crippen molar-refractivity contribution >= 4 is 15.9 Å². The molecule has 0 aromatic heterocycles. The van der Waals surface area contributed by atoms with Crippen molar-refractivity contribution in [2.45, 2.75) is 32.1 Å². The van der Waals surface area contributed by atoms with E-state index in [-0.39, 0.29) is 10.8 Å². The van der Waals surface area contributed by atoms with Crippen molar-refractivity contribution in [1.82, 2.24) is 4.90 Å². The van der Waals surface area contributed by atoms with Crippen molar-refractivity contribution in [3.8, 4) is 0 Å². The standard InChI is InChI=1S/C14H22N2O3S/c1-10(2)7-8-16(4)14(17)13-6-5-12(9-11(13)3)20(15,18)19/h5-6,9-10H,7-8H2,1-4H3,(H2,15,18,19). The fraction of sp³-hybridized carbons (Fsp3) is 0.500. The highest BCUT2D eigenvalue weighted by Gasteiger charge is 2.16. The maximum atomic E-state index is 12.3. The predicted octanol–water partition coefficient (Wildman–Crippen LogP) is 1.76. The largest absolute Gasteiger partial charge is 0.342 e. The fourth-order valence-corrected chi connectivity index (χ4v) is 2.41.